The van der Waals surface area contributed by atoms with E-state index in [0.717, 1.165) is 5.32 Å². The van der Waals surface area contributed by atoms with Crippen molar-refractivity contribution in [2.45, 2.75) is 17.9 Å². The fourth-order valence-corrected chi connectivity index (χ4v) is 1.09. The Morgan fingerprint density at radius 3 is 1.64 bits per heavy atom. The average molecular weight is 222 g/mol. The maximum absolute atomic E-state index is 12.1. The van der Waals surface area contributed by atoms with E-state index in [4.69, 9.17) is 0 Å². The molecule has 1 saturated heterocycles. The maximum atomic E-state index is 12.1. The molecular weight excluding hydrogens is 218 g/mol. The van der Waals surface area contributed by atoms with Gasteiger partial charge in [0.25, 0.3) is 11.4 Å². The summed E-state index contributed by atoms with van der Waals surface area (Å²) >= 11 is 0. The van der Waals surface area contributed by atoms with Crippen molar-refractivity contribution in [3.05, 3.63) is 0 Å². The molecule has 0 saturated carbocycles. The lowest BCUT2D eigenvalue weighted by atomic mass is 9.99. The Hall–Kier alpha value is -0.990. The Morgan fingerprint density at radius 1 is 1.07 bits per heavy atom. The first-order valence-electron chi connectivity index (χ1n) is 3.30. The SMILES string of the molecule is O=C1NCNC1(C(F)(F)F)C(F)(F)F. The zero-order valence-corrected chi connectivity index (χ0v) is 6.38. The molecule has 82 valence electrons. The van der Waals surface area contributed by atoms with Gasteiger partial charge in [0.05, 0.1) is 6.67 Å². The van der Waals surface area contributed by atoms with Crippen LogP contribution in [0.25, 0.3) is 0 Å². The van der Waals surface area contributed by atoms with Gasteiger partial charge in [-0.15, -0.1) is 0 Å². The monoisotopic (exact) mass is 222 g/mol. The van der Waals surface area contributed by atoms with Gasteiger partial charge in [0.1, 0.15) is 0 Å². The fraction of sp³-hybridized carbons (Fsp3) is 0.800. The van der Waals surface area contributed by atoms with Gasteiger partial charge in [0.2, 0.25) is 0 Å². The van der Waals surface area contributed by atoms with Gasteiger partial charge >= 0.3 is 12.4 Å². The highest BCUT2D eigenvalue weighted by atomic mass is 19.4. The number of halogens is 6. The van der Waals surface area contributed by atoms with Crippen molar-refractivity contribution in [1.82, 2.24) is 10.6 Å². The van der Waals surface area contributed by atoms with Gasteiger partial charge in [-0.1, -0.05) is 0 Å². The number of hydrogen-bond acceptors (Lipinski definition) is 2. The smallest absolute Gasteiger partial charge is 0.341 e. The van der Waals surface area contributed by atoms with Crippen LogP contribution in [0.3, 0.4) is 0 Å². The molecule has 1 aliphatic rings. The molecule has 1 amide bonds. The van der Waals surface area contributed by atoms with Gasteiger partial charge in [-0.25, -0.2) is 0 Å². The van der Waals surface area contributed by atoms with Crippen LogP contribution in [0.15, 0.2) is 0 Å². The van der Waals surface area contributed by atoms with Crippen LogP contribution < -0.4 is 10.6 Å². The summed E-state index contributed by atoms with van der Waals surface area (Å²) in [4.78, 5) is 10.6. The van der Waals surface area contributed by atoms with Gasteiger partial charge in [0.15, 0.2) is 0 Å². The molecule has 1 rings (SSSR count). The molecule has 0 aromatic rings. The van der Waals surface area contributed by atoms with E-state index in [2.05, 4.69) is 0 Å². The molecule has 14 heavy (non-hydrogen) atoms. The van der Waals surface area contributed by atoms with Crippen LogP contribution in [0.2, 0.25) is 0 Å². The lowest BCUT2D eigenvalue weighted by molar-refractivity contribution is -0.290. The summed E-state index contributed by atoms with van der Waals surface area (Å²) in [6.07, 6.45) is -11.4. The van der Waals surface area contributed by atoms with Crippen molar-refractivity contribution in [2.75, 3.05) is 6.67 Å². The zero-order valence-electron chi connectivity index (χ0n) is 6.38. The van der Waals surface area contributed by atoms with Crippen molar-refractivity contribution in [1.29, 1.82) is 0 Å². The molecule has 1 aliphatic heterocycles. The van der Waals surface area contributed by atoms with Gasteiger partial charge in [-0.3, -0.25) is 10.1 Å². The number of rotatable bonds is 0. The highest BCUT2D eigenvalue weighted by Gasteiger charge is 2.77. The number of hydrogen-bond donors (Lipinski definition) is 2. The Kier molecular flexibility index (Phi) is 2.18. The van der Waals surface area contributed by atoms with E-state index in [1.54, 1.807) is 0 Å². The standard InChI is InChI=1S/C5H4F6N2O/c6-4(7,8)3(5(9,10)11)2(14)12-1-13-3/h13H,1H2,(H,12,14). The van der Waals surface area contributed by atoms with Gasteiger partial charge < -0.3 is 5.32 Å². The van der Waals surface area contributed by atoms with Crippen molar-refractivity contribution >= 4 is 5.91 Å². The van der Waals surface area contributed by atoms with Gasteiger partial charge in [-0.05, 0) is 0 Å². The molecule has 0 aliphatic carbocycles. The van der Waals surface area contributed by atoms with E-state index in [9.17, 15) is 31.1 Å². The summed E-state index contributed by atoms with van der Waals surface area (Å²) in [5, 5.41) is 2.52. The largest absolute Gasteiger partial charge is 0.424 e. The Bertz CT molecular complexity index is 242. The van der Waals surface area contributed by atoms with Crippen LogP contribution in [0.1, 0.15) is 0 Å². The van der Waals surface area contributed by atoms with Crippen LogP contribution in [0.5, 0.6) is 0 Å². The van der Waals surface area contributed by atoms with Crippen LogP contribution in [-0.2, 0) is 4.79 Å². The van der Waals surface area contributed by atoms with E-state index in [0.29, 0.717) is 0 Å². The highest BCUT2D eigenvalue weighted by Crippen LogP contribution is 2.44. The number of amides is 1. The normalized spacial score (nSPS) is 22.3. The molecule has 0 bridgehead atoms. The average Bonchev–Trinajstić information content (AvgIpc) is 2.27. The number of alkyl halides is 6. The van der Waals surface area contributed by atoms with Crippen LogP contribution in [0, 0.1) is 0 Å². The van der Waals surface area contributed by atoms with Gasteiger partial charge in [-0.2, -0.15) is 26.3 Å². The summed E-state index contributed by atoms with van der Waals surface area (Å²) in [5.74, 6) is -2.13. The minimum absolute atomic E-state index is 0.863. The first kappa shape index (κ1) is 11.1. The van der Waals surface area contributed by atoms with E-state index in [1.165, 1.54) is 5.32 Å². The first-order chi connectivity index (χ1) is 6.13. The molecule has 0 unspecified atom stereocenters. The number of carbonyl (C=O) groups excluding carboxylic acids is 1. The summed E-state index contributed by atoms with van der Waals surface area (Å²) in [6, 6.07) is 0. The summed E-state index contributed by atoms with van der Waals surface area (Å²) in [7, 11) is 0. The second-order valence-corrected chi connectivity index (χ2v) is 2.60. The molecule has 0 atom stereocenters. The van der Waals surface area contributed by atoms with Crippen molar-refractivity contribution in [3.8, 4) is 0 Å². The molecule has 3 nitrogen and oxygen atoms in total. The molecule has 2 N–H and O–H groups in total. The van der Waals surface area contributed by atoms with Gasteiger partial charge in [0, 0.05) is 0 Å². The lowest BCUT2D eigenvalue weighted by Crippen LogP contribution is -2.67. The molecule has 0 spiro atoms. The third kappa shape index (κ3) is 1.22. The van der Waals surface area contributed by atoms with Crippen molar-refractivity contribution < 1.29 is 31.1 Å². The fourth-order valence-electron chi connectivity index (χ4n) is 1.09. The predicted molar refractivity (Wildman–Crippen MR) is 31.0 cm³/mol. The third-order valence-corrected chi connectivity index (χ3v) is 1.79. The third-order valence-electron chi connectivity index (χ3n) is 1.79. The Morgan fingerprint density at radius 2 is 1.50 bits per heavy atom. The topological polar surface area (TPSA) is 41.1 Å². The van der Waals surface area contributed by atoms with E-state index in [1.807, 2.05) is 0 Å². The minimum atomic E-state index is -5.72. The second kappa shape index (κ2) is 2.75. The van der Waals surface area contributed by atoms with E-state index >= 15 is 0 Å². The van der Waals surface area contributed by atoms with Crippen molar-refractivity contribution in [2.24, 2.45) is 0 Å². The highest BCUT2D eigenvalue weighted by molar-refractivity contribution is 5.90. The molecule has 9 heteroatoms. The van der Waals surface area contributed by atoms with E-state index in [-0.39, 0.29) is 0 Å². The molecular formula is C5H4F6N2O. The quantitative estimate of drug-likeness (QED) is 0.587. The van der Waals surface area contributed by atoms with Crippen molar-refractivity contribution in [3.63, 3.8) is 0 Å². The maximum Gasteiger partial charge on any atom is 0.424 e. The summed E-state index contributed by atoms with van der Waals surface area (Å²) in [6.45, 7) is -0.863. The first-order valence-corrected chi connectivity index (χ1v) is 3.30. The summed E-state index contributed by atoms with van der Waals surface area (Å²) in [5.41, 5.74) is -4.47. The predicted octanol–water partition coefficient (Wildman–Crippen LogP) is 0.527. The molecule has 0 radical (unpaired) electrons. The molecule has 1 heterocycles. The zero-order chi connectivity index (χ0) is 11.2. The minimum Gasteiger partial charge on any atom is -0.341 e. The van der Waals surface area contributed by atoms with Crippen LogP contribution >= 0.6 is 0 Å². The van der Waals surface area contributed by atoms with Crippen LogP contribution in [-0.4, -0.2) is 30.5 Å². The second-order valence-electron chi connectivity index (χ2n) is 2.60. The number of carbonyl (C=O) groups is 1. The molecule has 1 fully saturated rings. The Balaban J connectivity index is 3.23. The lowest BCUT2D eigenvalue weighted by Gasteiger charge is -2.30. The molecule has 0 aromatic carbocycles. The Labute approximate surface area is 73.4 Å². The van der Waals surface area contributed by atoms with E-state index < -0.39 is 30.5 Å². The number of nitrogens with one attached hydrogen (secondary N) is 2. The molecule has 0 aromatic heterocycles. The summed E-state index contributed by atoms with van der Waals surface area (Å²) < 4.78 is 72.7. The van der Waals surface area contributed by atoms with Crippen LogP contribution in [0.4, 0.5) is 26.3 Å².